The molecule has 0 N–H and O–H groups in total. The van der Waals surface area contributed by atoms with Crippen molar-refractivity contribution in [2.24, 2.45) is 0 Å². The number of halogens is 1. The van der Waals surface area contributed by atoms with Crippen LogP contribution in [0.25, 0.3) is 61.6 Å². The van der Waals surface area contributed by atoms with Gasteiger partial charge in [-0.2, -0.15) is 0 Å². The average Bonchev–Trinajstić information content (AvgIpc) is 3.36. The number of aromatic nitrogens is 1. The summed E-state index contributed by atoms with van der Waals surface area (Å²) in [5, 5.41) is 5.09. The summed E-state index contributed by atoms with van der Waals surface area (Å²) in [7, 11) is 2.07. The van der Waals surface area contributed by atoms with Crippen LogP contribution in [0.5, 0.6) is 0 Å². The predicted molar refractivity (Wildman–Crippen MR) is 259 cm³/mol. The van der Waals surface area contributed by atoms with E-state index >= 15 is 0 Å². The Labute approximate surface area is 354 Å². The maximum atomic E-state index is 3.98. The Hall–Kier alpha value is -5.90. The van der Waals surface area contributed by atoms with Gasteiger partial charge in [0.25, 0.3) is 0 Å². The van der Waals surface area contributed by atoms with E-state index in [4.69, 9.17) is 0 Å². The largest absolute Gasteiger partial charge is 0.345 e. The fourth-order valence-corrected chi connectivity index (χ4v) is 8.70. The lowest BCUT2D eigenvalue weighted by molar-refractivity contribution is 0.767. The Morgan fingerprint density at radius 1 is 0.810 bits per heavy atom. The number of hydrogen-bond donors (Lipinski definition) is 0. The minimum absolute atomic E-state index is 0.563. The van der Waals surface area contributed by atoms with Gasteiger partial charge in [0.2, 0.25) is 0 Å². The first kappa shape index (κ1) is 40.3. The molecule has 0 saturated carbocycles. The molecule has 2 aliphatic rings. The molecule has 1 heterocycles. The van der Waals surface area contributed by atoms with Gasteiger partial charge in [0, 0.05) is 41.1 Å². The van der Waals surface area contributed by atoms with Gasteiger partial charge in [-0.15, -0.1) is 0 Å². The van der Waals surface area contributed by atoms with Crippen molar-refractivity contribution in [1.29, 1.82) is 0 Å². The molecule has 1 atom stereocenters. The Bertz CT molecular complexity index is 2600. The second-order valence-electron chi connectivity index (χ2n) is 14.9. The number of fused-ring (bicyclic) bond motifs is 3. The second-order valence-corrected chi connectivity index (χ2v) is 16.2. The van der Waals surface area contributed by atoms with Crippen molar-refractivity contribution in [3.63, 3.8) is 0 Å². The molecule has 5 aromatic carbocycles. The van der Waals surface area contributed by atoms with Gasteiger partial charge in [-0.3, -0.25) is 0 Å². The van der Waals surface area contributed by atoms with Crippen LogP contribution in [0.3, 0.4) is 0 Å². The highest BCUT2D eigenvalue weighted by atomic mass is 79.9. The third-order valence-electron chi connectivity index (χ3n) is 11.2. The highest BCUT2D eigenvalue weighted by molar-refractivity contribution is 9.11. The molecule has 58 heavy (non-hydrogen) atoms. The van der Waals surface area contributed by atoms with Crippen LogP contribution in [0, 0.1) is 0 Å². The van der Waals surface area contributed by atoms with E-state index < -0.39 is 0 Å². The van der Waals surface area contributed by atoms with Crippen molar-refractivity contribution in [1.82, 2.24) is 4.57 Å². The minimum atomic E-state index is 0.563. The summed E-state index contributed by atoms with van der Waals surface area (Å²) in [6, 6.07) is 37.1. The fourth-order valence-electron chi connectivity index (χ4n) is 8.47. The predicted octanol–water partition coefficient (Wildman–Crippen LogP) is 16.1. The van der Waals surface area contributed by atoms with Crippen LogP contribution >= 0.6 is 15.9 Å². The number of hydrogen-bond acceptors (Lipinski definition) is 1. The van der Waals surface area contributed by atoms with E-state index in [-0.39, 0.29) is 0 Å². The van der Waals surface area contributed by atoms with Gasteiger partial charge in [-0.1, -0.05) is 170 Å². The number of nitrogens with zero attached hydrogens (tertiary/aromatic N) is 2. The zero-order chi connectivity index (χ0) is 40.6. The highest BCUT2D eigenvalue weighted by Crippen LogP contribution is 2.44. The molecule has 0 radical (unpaired) electrons. The van der Waals surface area contributed by atoms with Gasteiger partial charge >= 0.3 is 0 Å². The first-order valence-corrected chi connectivity index (χ1v) is 21.2. The van der Waals surface area contributed by atoms with Gasteiger partial charge < -0.3 is 9.47 Å². The first-order chi connectivity index (χ1) is 28.4. The zero-order valence-corrected chi connectivity index (χ0v) is 36.0. The molecule has 2 nitrogen and oxygen atoms in total. The minimum Gasteiger partial charge on any atom is -0.345 e. The van der Waals surface area contributed by atoms with Crippen molar-refractivity contribution in [2.45, 2.75) is 52.9 Å². The molecule has 0 saturated heterocycles. The maximum Gasteiger partial charge on any atom is 0.0496 e. The van der Waals surface area contributed by atoms with Crippen LogP contribution in [-0.2, 0) is 6.42 Å². The summed E-state index contributed by atoms with van der Waals surface area (Å²) in [5.41, 5.74) is 14.2. The van der Waals surface area contributed by atoms with Crippen molar-refractivity contribution >= 4 is 61.0 Å². The smallest absolute Gasteiger partial charge is 0.0496 e. The first-order valence-electron chi connectivity index (χ1n) is 20.5. The maximum absolute atomic E-state index is 3.98. The van der Waals surface area contributed by atoms with Gasteiger partial charge in [0.15, 0.2) is 0 Å². The molecule has 0 amide bonds. The lowest BCUT2D eigenvalue weighted by Crippen LogP contribution is -2.14. The van der Waals surface area contributed by atoms with Gasteiger partial charge in [0.05, 0.1) is 0 Å². The van der Waals surface area contributed by atoms with Crippen molar-refractivity contribution in [3.8, 4) is 22.3 Å². The second kappa shape index (κ2) is 18.6. The molecule has 0 spiro atoms. The summed E-state index contributed by atoms with van der Waals surface area (Å²) in [6.45, 7) is 12.7. The quantitative estimate of drug-likeness (QED) is 0.104. The average molecular weight is 822 g/mol. The van der Waals surface area contributed by atoms with E-state index in [0.29, 0.717) is 5.92 Å². The molecule has 1 unspecified atom stereocenters. The monoisotopic (exact) mass is 820 g/mol. The molecule has 2 aliphatic carbocycles. The number of rotatable bonds is 9. The summed E-state index contributed by atoms with van der Waals surface area (Å²) in [5.74, 6) is 0.563. The van der Waals surface area contributed by atoms with Crippen LogP contribution in [0.4, 0.5) is 5.69 Å². The van der Waals surface area contributed by atoms with Crippen LogP contribution in [-0.4, -0.2) is 11.6 Å². The van der Waals surface area contributed by atoms with E-state index in [1.807, 2.05) is 25.2 Å². The summed E-state index contributed by atoms with van der Waals surface area (Å²) >= 11 is 3.64. The third kappa shape index (κ3) is 8.24. The topological polar surface area (TPSA) is 8.17 Å². The lowest BCUT2D eigenvalue weighted by atomic mass is 9.86. The standard InChI is InChI=1S/C34H29N.C21H24BrN/c1-4-6-16-27(5-2)35(3)28-23-21-26(22-24-28)34-31-19-12-10-17-29(31)33(25-14-8-7-9-15-25)30-18-11-13-20-32(30)34;1-4-19-18(14-16(3)22)21-15(2)10-9-13-20(21)23(19)17-11-7-5-6-8-12-17/h4-24H,2H2,1,3H3;5-7,9,11-15H,4,8,10H2,1-3H3/b6-4-,27-16+;16-14+. The molecule has 0 aliphatic heterocycles. The van der Waals surface area contributed by atoms with Crippen molar-refractivity contribution in [3.05, 3.63) is 203 Å². The molecule has 0 bridgehead atoms. The molecule has 3 heteroatoms. The molecular weight excluding hydrogens is 769 g/mol. The molecule has 0 fully saturated rings. The van der Waals surface area contributed by atoms with E-state index in [9.17, 15) is 0 Å². The number of likely N-dealkylation sites (N-methyl/N-ethyl adjacent to an activating group) is 1. The molecule has 1 aromatic heterocycles. The summed E-state index contributed by atoms with van der Waals surface area (Å²) in [4.78, 5) is 2.16. The van der Waals surface area contributed by atoms with Gasteiger partial charge in [-0.25, -0.2) is 0 Å². The lowest BCUT2D eigenvalue weighted by Gasteiger charge is -2.21. The highest BCUT2D eigenvalue weighted by Gasteiger charge is 2.26. The Morgan fingerprint density at radius 2 is 1.41 bits per heavy atom. The molecule has 6 aromatic rings. The Kier molecular flexibility index (Phi) is 12.9. The van der Waals surface area contributed by atoms with Crippen LogP contribution in [0.2, 0.25) is 0 Å². The van der Waals surface area contributed by atoms with E-state index in [2.05, 4.69) is 218 Å². The normalized spacial score (nSPS) is 15.3. The van der Waals surface area contributed by atoms with Gasteiger partial charge in [-0.05, 0) is 135 Å². The number of benzene rings is 5. The van der Waals surface area contributed by atoms with Crippen LogP contribution in [0.1, 0.15) is 69.0 Å². The molecule has 8 rings (SSSR count). The summed E-state index contributed by atoms with van der Waals surface area (Å²) in [6.07, 6.45) is 29.1. The Balaban J connectivity index is 0.000000193. The van der Waals surface area contributed by atoms with E-state index in [1.54, 1.807) is 0 Å². The van der Waals surface area contributed by atoms with Crippen LogP contribution < -0.4 is 4.90 Å². The van der Waals surface area contributed by atoms with Crippen LogP contribution in [0.15, 0.2) is 181 Å². The zero-order valence-electron chi connectivity index (χ0n) is 34.4. The third-order valence-corrected chi connectivity index (χ3v) is 11.4. The van der Waals surface area contributed by atoms with Crippen molar-refractivity contribution in [2.75, 3.05) is 11.9 Å². The van der Waals surface area contributed by atoms with Crippen molar-refractivity contribution < 1.29 is 0 Å². The Morgan fingerprint density at radius 3 is 1.98 bits per heavy atom. The summed E-state index contributed by atoms with van der Waals surface area (Å²) < 4.78 is 3.65. The van der Waals surface area contributed by atoms with E-state index in [0.717, 1.165) is 30.6 Å². The van der Waals surface area contributed by atoms with E-state index in [1.165, 1.54) is 76.5 Å². The number of allylic oxidation sites excluding steroid dienone is 12. The molecule has 290 valence electrons. The SMILES string of the molecule is C=C/C(=C\C=C/C)N(C)c1ccc(-c2c3ccccc3c(-c3ccccc3)c3ccccc23)cc1.CCc1c(/C=C(\C)Br)c2c(n1C1=CCC=CC=C1)C=CCC2C. The molecular formula is C55H53BrN2. The number of anilines is 1. The van der Waals surface area contributed by atoms with Gasteiger partial charge in [0.1, 0.15) is 0 Å². The fraction of sp³-hybridized carbons (Fsp3) is 0.164.